The first-order valence-corrected chi connectivity index (χ1v) is 7.25. The van der Waals surface area contributed by atoms with Crippen molar-refractivity contribution in [1.29, 1.82) is 0 Å². The number of hydrogen-bond donors (Lipinski definition) is 2. The lowest BCUT2D eigenvalue weighted by Crippen LogP contribution is -2.32. The molecule has 2 N–H and O–H groups in total. The molecule has 5 heteroatoms. The van der Waals surface area contributed by atoms with Crippen molar-refractivity contribution in [1.82, 2.24) is 10.3 Å². The van der Waals surface area contributed by atoms with Gasteiger partial charge in [0.2, 0.25) is 0 Å². The topological polar surface area (TPSA) is 54.0 Å². The van der Waals surface area contributed by atoms with E-state index in [1.807, 2.05) is 44.2 Å². The number of amides is 1. The third-order valence-electron chi connectivity index (χ3n) is 3.10. The highest BCUT2D eigenvalue weighted by Gasteiger charge is 2.09. The number of aromatic nitrogens is 1. The van der Waals surface area contributed by atoms with Gasteiger partial charge in [-0.2, -0.15) is 0 Å². The molecule has 0 saturated carbocycles. The molecule has 2 rings (SSSR count). The van der Waals surface area contributed by atoms with Crippen molar-refractivity contribution in [2.45, 2.75) is 26.3 Å². The van der Waals surface area contributed by atoms with Crippen LogP contribution in [0.3, 0.4) is 0 Å². The van der Waals surface area contributed by atoms with E-state index in [1.165, 1.54) is 0 Å². The summed E-state index contributed by atoms with van der Waals surface area (Å²) in [5, 5.41) is 6.73. The van der Waals surface area contributed by atoms with Gasteiger partial charge in [0.25, 0.3) is 5.91 Å². The zero-order chi connectivity index (χ0) is 15.2. The van der Waals surface area contributed by atoms with Gasteiger partial charge in [-0.05, 0) is 43.7 Å². The van der Waals surface area contributed by atoms with Gasteiger partial charge in [-0.25, -0.2) is 4.98 Å². The van der Waals surface area contributed by atoms with Crippen LogP contribution in [-0.2, 0) is 0 Å². The van der Waals surface area contributed by atoms with E-state index >= 15 is 0 Å². The number of nitrogens with zero attached hydrogens (tertiary/aromatic N) is 1. The summed E-state index contributed by atoms with van der Waals surface area (Å²) in [6, 6.07) is 11.1. The fourth-order valence-electron chi connectivity index (χ4n) is 1.73. The highest BCUT2D eigenvalue weighted by molar-refractivity contribution is 6.30. The van der Waals surface area contributed by atoms with Gasteiger partial charge in [0.15, 0.2) is 0 Å². The quantitative estimate of drug-likeness (QED) is 0.877. The Bertz CT molecular complexity index is 613. The minimum absolute atomic E-state index is 0.142. The van der Waals surface area contributed by atoms with E-state index in [-0.39, 0.29) is 11.9 Å². The standard InChI is InChI=1S/C16H18ClN3O/c1-3-11(2)19-16(21)15-8-7-14(10-18-15)20-13-6-4-5-12(17)9-13/h4-11,20H,3H2,1-2H3,(H,19,21). The number of carbonyl (C=O) groups excluding carboxylic acids is 1. The Labute approximate surface area is 129 Å². The molecule has 4 nitrogen and oxygen atoms in total. The van der Waals surface area contributed by atoms with Crippen molar-refractivity contribution >= 4 is 28.9 Å². The van der Waals surface area contributed by atoms with Crippen LogP contribution < -0.4 is 10.6 Å². The van der Waals surface area contributed by atoms with E-state index in [4.69, 9.17) is 11.6 Å². The second-order valence-electron chi connectivity index (χ2n) is 4.85. The van der Waals surface area contributed by atoms with Gasteiger partial charge in [-0.15, -0.1) is 0 Å². The molecule has 0 aliphatic heterocycles. The summed E-state index contributed by atoms with van der Waals surface area (Å²) < 4.78 is 0. The van der Waals surface area contributed by atoms with Crippen molar-refractivity contribution in [3.63, 3.8) is 0 Å². The molecule has 0 spiro atoms. The van der Waals surface area contributed by atoms with Gasteiger partial charge in [0, 0.05) is 16.8 Å². The number of nitrogens with one attached hydrogen (secondary N) is 2. The van der Waals surface area contributed by atoms with E-state index in [2.05, 4.69) is 15.6 Å². The number of halogens is 1. The molecule has 1 heterocycles. The normalized spacial score (nSPS) is 11.8. The first-order valence-electron chi connectivity index (χ1n) is 6.88. The van der Waals surface area contributed by atoms with Crippen molar-refractivity contribution in [2.24, 2.45) is 0 Å². The Morgan fingerprint density at radius 2 is 2.10 bits per heavy atom. The van der Waals surface area contributed by atoms with E-state index < -0.39 is 0 Å². The summed E-state index contributed by atoms with van der Waals surface area (Å²) >= 11 is 5.93. The van der Waals surface area contributed by atoms with Gasteiger partial charge >= 0.3 is 0 Å². The molecule has 110 valence electrons. The molecule has 1 atom stereocenters. The van der Waals surface area contributed by atoms with Crippen molar-refractivity contribution in [3.8, 4) is 0 Å². The second kappa shape index (κ2) is 7.09. The van der Waals surface area contributed by atoms with Crippen LogP contribution in [0.4, 0.5) is 11.4 Å². The fourth-order valence-corrected chi connectivity index (χ4v) is 1.93. The van der Waals surface area contributed by atoms with Gasteiger partial charge in [-0.3, -0.25) is 4.79 Å². The van der Waals surface area contributed by atoms with Crippen molar-refractivity contribution < 1.29 is 4.79 Å². The Morgan fingerprint density at radius 1 is 1.29 bits per heavy atom. The van der Waals surface area contributed by atoms with E-state index in [0.717, 1.165) is 17.8 Å². The molecule has 0 fully saturated rings. The molecule has 1 unspecified atom stereocenters. The molecule has 21 heavy (non-hydrogen) atoms. The molecule has 2 aromatic rings. The van der Waals surface area contributed by atoms with Crippen molar-refractivity contribution in [3.05, 3.63) is 53.3 Å². The molecule has 0 aliphatic carbocycles. The van der Waals surface area contributed by atoms with Gasteiger partial charge < -0.3 is 10.6 Å². The summed E-state index contributed by atoms with van der Waals surface area (Å²) in [6.07, 6.45) is 2.52. The smallest absolute Gasteiger partial charge is 0.270 e. The van der Waals surface area contributed by atoms with Crippen LogP contribution in [0.15, 0.2) is 42.6 Å². The Kier molecular flexibility index (Phi) is 5.17. The van der Waals surface area contributed by atoms with E-state index in [0.29, 0.717) is 10.7 Å². The number of benzene rings is 1. The minimum Gasteiger partial charge on any atom is -0.354 e. The lowest BCUT2D eigenvalue weighted by Gasteiger charge is -2.11. The summed E-state index contributed by atoms with van der Waals surface area (Å²) in [6.45, 7) is 3.99. The average molecular weight is 304 g/mol. The van der Waals surface area contributed by atoms with Crippen LogP contribution in [-0.4, -0.2) is 16.9 Å². The maximum atomic E-state index is 11.9. The predicted octanol–water partition coefficient (Wildman–Crippen LogP) is 4.01. The molecule has 1 aromatic carbocycles. The zero-order valence-electron chi connectivity index (χ0n) is 12.1. The van der Waals surface area contributed by atoms with E-state index in [1.54, 1.807) is 12.3 Å². The largest absolute Gasteiger partial charge is 0.354 e. The number of anilines is 2. The fraction of sp³-hybridized carbons (Fsp3) is 0.250. The number of pyridine rings is 1. The van der Waals surface area contributed by atoms with Crippen LogP contribution in [0.2, 0.25) is 5.02 Å². The Morgan fingerprint density at radius 3 is 2.71 bits per heavy atom. The van der Waals surface area contributed by atoms with Crippen LogP contribution in [0, 0.1) is 0 Å². The average Bonchev–Trinajstić information content (AvgIpc) is 2.47. The Hall–Kier alpha value is -2.07. The molecule has 0 bridgehead atoms. The van der Waals surface area contributed by atoms with Gasteiger partial charge in [0.1, 0.15) is 5.69 Å². The van der Waals surface area contributed by atoms with Crippen LogP contribution in [0.5, 0.6) is 0 Å². The van der Waals surface area contributed by atoms with Crippen LogP contribution in [0.25, 0.3) is 0 Å². The maximum Gasteiger partial charge on any atom is 0.270 e. The molecular formula is C16H18ClN3O. The monoisotopic (exact) mass is 303 g/mol. The highest BCUT2D eigenvalue weighted by Crippen LogP contribution is 2.19. The second-order valence-corrected chi connectivity index (χ2v) is 5.29. The third-order valence-corrected chi connectivity index (χ3v) is 3.33. The first kappa shape index (κ1) is 15.3. The van der Waals surface area contributed by atoms with Gasteiger partial charge in [-0.1, -0.05) is 24.6 Å². The molecular weight excluding hydrogens is 286 g/mol. The molecule has 0 aliphatic rings. The van der Waals surface area contributed by atoms with Gasteiger partial charge in [0.05, 0.1) is 11.9 Å². The third kappa shape index (κ3) is 4.46. The first-order chi connectivity index (χ1) is 10.1. The summed E-state index contributed by atoms with van der Waals surface area (Å²) in [7, 11) is 0. The molecule has 1 amide bonds. The molecule has 1 aromatic heterocycles. The highest BCUT2D eigenvalue weighted by atomic mass is 35.5. The number of carbonyl (C=O) groups is 1. The lowest BCUT2D eigenvalue weighted by atomic mass is 10.2. The maximum absolute atomic E-state index is 11.9. The predicted molar refractivity (Wildman–Crippen MR) is 86.2 cm³/mol. The SMILES string of the molecule is CCC(C)NC(=O)c1ccc(Nc2cccc(Cl)c2)cn1. The Balaban J connectivity index is 2.03. The lowest BCUT2D eigenvalue weighted by molar-refractivity contribution is 0.0934. The summed E-state index contributed by atoms with van der Waals surface area (Å²) in [5.74, 6) is -0.154. The molecule has 0 radical (unpaired) electrons. The minimum atomic E-state index is -0.154. The van der Waals surface area contributed by atoms with Crippen molar-refractivity contribution in [2.75, 3.05) is 5.32 Å². The summed E-state index contributed by atoms with van der Waals surface area (Å²) in [4.78, 5) is 16.1. The van der Waals surface area contributed by atoms with Crippen LogP contribution in [0.1, 0.15) is 30.8 Å². The molecule has 0 saturated heterocycles. The number of rotatable bonds is 5. The van der Waals surface area contributed by atoms with E-state index in [9.17, 15) is 4.79 Å². The zero-order valence-corrected chi connectivity index (χ0v) is 12.8. The summed E-state index contributed by atoms with van der Waals surface area (Å²) in [5.41, 5.74) is 2.09. The number of hydrogen-bond acceptors (Lipinski definition) is 3. The van der Waals surface area contributed by atoms with Crippen LogP contribution >= 0.6 is 11.6 Å².